The largest absolute Gasteiger partial charge is 0.495 e. The van der Waals surface area contributed by atoms with E-state index in [4.69, 9.17) is 10.6 Å². The lowest BCUT2D eigenvalue weighted by Crippen LogP contribution is -2.29. The summed E-state index contributed by atoms with van der Waals surface area (Å²) in [6.07, 6.45) is 3.49. The van der Waals surface area contributed by atoms with Crippen molar-refractivity contribution in [1.82, 2.24) is 10.4 Å². The lowest BCUT2D eigenvalue weighted by Gasteiger charge is -2.16. The Hall–Kier alpha value is -1.56. The summed E-state index contributed by atoms with van der Waals surface area (Å²) < 4.78 is 5.17. The molecule has 1 unspecified atom stereocenters. The molecule has 1 atom stereocenters. The zero-order chi connectivity index (χ0) is 13.5. The second-order valence-electron chi connectivity index (χ2n) is 4.00. The standard InChI is InChI=1S/C14H17N3OS/c1-18-12-7-11(8-16-9-12)14(17-15)10-19-13-5-3-2-4-6-13/h2-9,14,17H,10,15H2,1H3. The van der Waals surface area contributed by atoms with Gasteiger partial charge in [0.1, 0.15) is 5.75 Å². The van der Waals surface area contributed by atoms with Crippen molar-refractivity contribution in [2.24, 2.45) is 5.84 Å². The first-order valence-electron chi connectivity index (χ1n) is 5.96. The highest BCUT2D eigenvalue weighted by atomic mass is 32.2. The maximum atomic E-state index is 5.63. The minimum Gasteiger partial charge on any atom is -0.495 e. The highest BCUT2D eigenvalue weighted by Crippen LogP contribution is 2.25. The summed E-state index contributed by atoms with van der Waals surface area (Å²) in [5, 5.41) is 0. The van der Waals surface area contributed by atoms with Crippen LogP contribution in [0.2, 0.25) is 0 Å². The molecule has 0 saturated heterocycles. The molecule has 0 spiro atoms. The van der Waals surface area contributed by atoms with E-state index in [9.17, 15) is 0 Å². The van der Waals surface area contributed by atoms with Gasteiger partial charge in [-0.2, -0.15) is 0 Å². The maximum Gasteiger partial charge on any atom is 0.137 e. The number of rotatable bonds is 6. The highest BCUT2D eigenvalue weighted by Gasteiger charge is 2.11. The summed E-state index contributed by atoms with van der Waals surface area (Å²) in [5.74, 6) is 7.20. The third-order valence-electron chi connectivity index (χ3n) is 2.73. The van der Waals surface area contributed by atoms with Gasteiger partial charge in [-0.05, 0) is 23.8 Å². The Morgan fingerprint density at radius 3 is 2.79 bits per heavy atom. The monoisotopic (exact) mass is 275 g/mol. The molecule has 2 aromatic rings. The van der Waals surface area contributed by atoms with E-state index in [1.54, 1.807) is 31.3 Å². The first-order valence-corrected chi connectivity index (χ1v) is 6.95. The Labute approximate surface area is 117 Å². The maximum absolute atomic E-state index is 5.63. The van der Waals surface area contributed by atoms with Crippen LogP contribution in [0.25, 0.3) is 0 Å². The Morgan fingerprint density at radius 2 is 2.11 bits per heavy atom. The average molecular weight is 275 g/mol. The van der Waals surface area contributed by atoms with Crippen LogP contribution in [0, 0.1) is 0 Å². The Morgan fingerprint density at radius 1 is 1.32 bits per heavy atom. The molecule has 19 heavy (non-hydrogen) atoms. The fourth-order valence-electron chi connectivity index (χ4n) is 1.67. The molecule has 3 N–H and O–H groups in total. The number of benzene rings is 1. The van der Waals surface area contributed by atoms with Crippen molar-refractivity contribution >= 4 is 11.8 Å². The van der Waals surface area contributed by atoms with Crippen molar-refractivity contribution in [1.29, 1.82) is 0 Å². The molecule has 0 radical (unpaired) electrons. The number of thioether (sulfide) groups is 1. The first kappa shape index (κ1) is 13.9. The zero-order valence-corrected chi connectivity index (χ0v) is 11.6. The molecule has 0 aliphatic carbocycles. The SMILES string of the molecule is COc1cncc(C(CSc2ccccc2)NN)c1. The number of hydrogen-bond donors (Lipinski definition) is 2. The van der Waals surface area contributed by atoms with Crippen LogP contribution in [0.5, 0.6) is 5.75 Å². The van der Waals surface area contributed by atoms with E-state index in [0.717, 1.165) is 17.1 Å². The zero-order valence-electron chi connectivity index (χ0n) is 10.7. The molecular formula is C14H17N3OS. The van der Waals surface area contributed by atoms with Gasteiger partial charge in [0.15, 0.2) is 0 Å². The van der Waals surface area contributed by atoms with Crippen LogP contribution in [-0.2, 0) is 0 Å². The molecule has 100 valence electrons. The number of ether oxygens (including phenoxy) is 1. The molecule has 4 nitrogen and oxygen atoms in total. The molecule has 0 aliphatic heterocycles. The van der Waals surface area contributed by atoms with E-state index in [2.05, 4.69) is 22.5 Å². The van der Waals surface area contributed by atoms with Gasteiger partial charge in [-0.3, -0.25) is 16.3 Å². The average Bonchev–Trinajstić information content (AvgIpc) is 2.49. The number of aromatic nitrogens is 1. The summed E-state index contributed by atoms with van der Waals surface area (Å²) in [7, 11) is 1.63. The molecule has 5 heteroatoms. The Kier molecular flexibility index (Phi) is 5.20. The van der Waals surface area contributed by atoms with Crippen LogP contribution in [-0.4, -0.2) is 17.8 Å². The lowest BCUT2D eigenvalue weighted by atomic mass is 10.1. The van der Waals surface area contributed by atoms with Crippen LogP contribution in [0.4, 0.5) is 0 Å². The Bertz CT molecular complexity index is 507. The van der Waals surface area contributed by atoms with E-state index >= 15 is 0 Å². The van der Waals surface area contributed by atoms with Crippen LogP contribution in [0.3, 0.4) is 0 Å². The van der Waals surface area contributed by atoms with Gasteiger partial charge < -0.3 is 4.74 Å². The molecule has 0 saturated carbocycles. The summed E-state index contributed by atoms with van der Waals surface area (Å²) in [6, 6.07) is 12.2. The van der Waals surface area contributed by atoms with Gasteiger partial charge in [-0.25, -0.2) is 0 Å². The molecule has 1 heterocycles. The van der Waals surface area contributed by atoms with Gasteiger partial charge >= 0.3 is 0 Å². The summed E-state index contributed by atoms with van der Waals surface area (Å²) >= 11 is 1.75. The number of nitrogens with two attached hydrogens (primary N) is 1. The lowest BCUT2D eigenvalue weighted by molar-refractivity contribution is 0.411. The molecule has 0 amide bonds. The Balaban J connectivity index is 2.03. The third-order valence-corrected chi connectivity index (χ3v) is 3.84. The van der Waals surface area contributed by atoms with Gasteiger partial charge in [0.2, 0.25) is 0 Å². The van der Waals surface area contributed by atoms with E-state index in [-0.39, 0.29) is 6.04 Å². The second-order valence-corrected chi connectivity index (χ2v) is 5.09. The third kappa shape index (κ3) is 3.96. The van der Waals surface area contributed by atoms with Gasteiger partial charge in [0, 0.05) is 16.8 Å². The number of nitrogens with zero attached hydrogens (tertiary/aromatic N) is 1. The van der Waals surface area contributed by atoms with E-state index < -0.39 is 0 Å². The van der Waals surface area contributed by atoms with Crippen LogP contribution in [0.1, 0.15) is 11.6 Å². The van der Waals surface area contributed by atoms with E-state index in [1.807, 2.05) is 24.3 Å². The van der Waals surface area contributed by atoms with Crippen LogP contribution in [0.15, 0.2) is 53.7 Å². The fourth-order valence-corrected chi connectivity index (χ4v) is 2.67. The number of nitrogens with one attached hydrogen (secondary N) is 1. The normalized spacial score (nSPS) is 12.1. The minimum atomic E-state index is 0.0350. The molecule has 0 fully saturated rings. The first-order chi connectivity index (χ1) is 9.33. The number of pyridine rings is 1. The fraction of sp³-hybridized carbons (Fsp3) is 0.214. The molecule has 0 aliphatic rings. The minimum absolute atomic E-state index is 0.0350. The smallest absolute Gasteiger partial charge is 0.137 e. The summed E-state index contributed by atoms with van der Waals surface area (Å²) in [6.45, 7) is 0. The topological polar surface area (TPSA) is 60.2 Å². The summed E-state index contributed by atoms with van der Waals surface area (Å²) in [5.41, 5.74) is 3.84. The van der Waals surface area contributed by atoms with Crippen LogP contribution < -0.4 is 16.0 Å². The summed E-state index contributed by atoms with van der Waals surface area (Å²) in [4.78, 5) is 5.37. The predicted octanol–water partition coefficient (Wildman–Crippen LogP) is 2.39. The van der Waals surface area contributed by atoms with Crippen molar-refractivity contribution in [3.63, 3.8) is 0 Å². The van der Waals surface area contributed by atoms with Gasteiger partial charge in [0.05, 0.1) is 19.3 Å². The van der Waals surface area contributed by atoms with Crippen molar-refractivity contribution in [2.75, 3.05) is 12.9 Å². The van der Waals surface area contributed by atoms with Gasteiger partial charge in [-0.15, -0.1) is 11.8 Å². The predicted molar refractivity (Wildman–Crippen MR) is 78.0 cm³/mol. The van der Waals surface area contributed by atoms with Crippen molar-refractivity contribution in [3.8, 4) is 5.75 Å². The second kappa shape index (κ2) is 7.13. The molecule has 2 rings (SSSR count). The molecule has 0 bridgehead atoms. The van der Waals surface area contributed by atoms with E-state index in [1.165, 1.54) is 4.90 Å². The molecule has 1 aromatic heterocycles. The number of hydrogen-bond acceptors (Lipinski definition) is 5. The van der Waals surface area contributed by atoms with Crippen molar-refractivity contribution < 1.29 is 4.74 Å². The molecule has 1 aromatic carbocycles. The molecular weight excluding hydrogens is 258 g/mol. The highest BCUT2D eigenvalue weighted by molar-refractivity contribution is 7.99. The van der Waals surface area contributed by atoms with Gasteiger partial charge in [-0.1, -0.05) is 18.2 Å². The van der Waals surface area contributed by atoms with E-state index in [0.29, 0.717) is 0 Å². The van der Waals surface area contributed by atoms with Crippen molar-refractivity contribution in [2.45, 2.75) is 10.9 Å². The van der Waals surface area contributed by atoms with Crippen molar-refractivity contribution in [3.05, 3.63) is 54.4 Å². The number of hydrazine groups is 1. The quantitative estimate of drug-likeness (QED) is 0.481. The number of methoxy groups -OCH3 is 1. The van der Waals surface area contributed by atoms with Gasteiger partial charge in [0.25, 0.3) is 0 Å². The van der Waals surface area contributed by atoms with Crippen LogP contribution >= 0.6 is 11.8 Å².